The monoisotopic (exact) mass is 348 g/mol. The zero-order chi connectivity index (χ0) is 18.2. The average molecular weight is 348 g/mol. The van der Waals surface area contributed by atoms with E-state index < -0.39 is 14.7 Å². The third-order valence-corrected chi connectivity index (χ3v) is 8.38. The first-order valence-corrected chi connectivity index (χ1v) is 13.0. The van der Waals surface area contributed by atoms with E-state index in [0.717, 1.165) is 19.3 Å². The second-order valence-electron chi connectivity index (χ2n) is 7.64. The number of benzene rings is 1. The lowest BCUT2D eigenvalue weighted by atomic mass is 9.91. The van der Waals surface area contributed by atoms with Gasteiger partial charge in [-0.2, -0.15) is 0 Å². The van der Waals surface area contributed by atoms with Gasteiger partial charge in [0.05, 0.1) is 0 Å². The Labute approximate surface area is 150 Å². The molecular weight excluding hydrogens is 311 g/mol. The number of aryl methyl sites for hydroxylation is 1. The fraction of sp³-hybridized carbons (Fsp3) is 0.700. The van der Waals surface area contributed by atoms with Gasteiger partial charge in [-0.1, -0.05) is 70.4 Å². The van der Waals surface area contributed by atoms with Crippen molar-refractivity contribution < 1.29 is 10.0 Å². The number of unbranched alkanes of at least 4 members (excludes halogenated alkanes) is 3. The number of rotatable bonds is 11. The van der Waals surface area contributed by atoms with Crippen LogP contribution in [0.15, 0.2) is 12.1 Å². The van der Waals surface area contributed by atoms with Crippen LogP contribution in [0.4, 0.5) is 0 Å². The van der Waals surface area contributed by atoms with Gasteiger partial charge in [0.2, 0.25) is 0 Å². The summed E-state index contributed by atoms with van der Waals surface area (Å²) in [5, 5.41) is 21.2. The molecule has 0 saturated carbocycles. The largest absolute Gasteiger partial charge is 0.432 e. The maximum Gasteiger partial charge on any atom is 0.432 e. The average Bonchev–Trinajstić information content (AvgIpc) is 2.55. The van der Waals surface area contributed by atoms with Gasteiger partial charge in [0, 0.05) is 0 Å². The van der Waals surface area contributed by atoms with Gasteiger partial charge >= 0.3 is 6.71 Å². The summed E-state index contributed by atoms with van der Waals surface area (Å²) in [6, 6.07) is 4.50. The number of hydrogen-bond donors (Lipinski definition) is 2. The summed E-state index contributed by atoms with van der Waals surface area (Å²) in [7, 11) is -2.27. The molecule has 0 amide bonds. The fourth-order valence-electron chi connectivity index (χ4n) is 3.39. The first-order valence-electron chi connectivity index (χ1n) is 9.90. The molecule has 0 heterocycles. The van der Waals surface area contributed by atoms with E-state index >= 15 is 0 Å². The highest BCUT2D eigenvalue weighted by Gasteiger charge is 2.38. The highest BCUT2D eigenvalue weighted by atomic mass is 28.3. The molecule has 0 fully saturated rings. The molecule has 136 valence electrons. The maximum atomic E-state index is 9.98. The molecule has 4 heteroatoms. The molecule has 0 atom stereocenters. The van der Waals surface area contributed by atoms with E-state index in [1.165, 1.54) is 60.4 Å². The standard InChI is InChI=1S/C20H37BO2Si/c1-6-9-12-17-15-16-20(24(4,5)21(22)23)19(14-11-8-3)18(17)13-10-7-2/h15-16,22-23H,6-14H2,1-5H3. The highest BCUT2D eigenvalue weighted by molar-refractivity contribution is 7.32. The Morgan fingerprint density at radius 3 is 1.79 bits per heavy atom. The van der Waals surface area contributed by atoms with Gasteiger partial charge in [-0.3, -0.25) is 0 Å². The van der Waals surface area contributed by atoms with Gasteiger partial charge in [-0.05, 0) is 55.2 Å². The van der Waals surface area contributed by atoms with Crippen molar-refractivity contribution in [2.24, 2.45) is 0 Å². The van der Waals surface area contributed by atoms with Gasteiger partial charge in [0.1, 0.15) is 7.94 Å². The van der Waals surface area contributed by atoms with Crippen molar-refractivity contribution in [3.8, 4) is 0 Å². The molecule has 1 aromatic rings. The van der Waals surface area contributed by atoms with Crippen molar-refractivity contribution in [3.63, 3.8) is 0 Å². The minimum absolute atomic E-state index is 1.08. The first-order chi connectivity index (χ1) is 11.4. The van der Waals surface area contributed by atoms with Crippen molar-refractivity contribution in [2.75, 3.05) is 0 Å². The van der Waals surface area contributed by atoms with Crippen molar-refractivity contribution in [1.82, 2.24) is 0 Å². The van der Waals surface area contributed by atoms with Crippen molar-refractivity contribution >= 4 is 19.8 Å². The zero-order valence-electron chi connectivity index (χ0n) is 16.5. The molecule has 24 heavy (non-hydrogen) atoms. The molecule has 0 aliphatic carbocycles. The molecule has 0 aliphatic rings. The van der Waals surface area contributed by atoms with E-state index in [-0.39, 0.29) is 0 Å². The van der Waals surface area contributed by atoms with E-state index in [4.69, 9.17) is 0 Å². The van der Waals surface area contributed by atoms with Crippen LogP contribution in [0, 0.1) is 0 Å². The van der Waals surface area contributed by atoms with Crippen LogP contribution in [0.3, 0.4) is 0 Å². The minimum atomic E-state index is -2.27. The van der Waals surface area contributed by atoms with Crippen molar-refractivity contribution in [2.45, 2.75) is 91.7 Å². The van der Waals surface area contributed by atoms with Crippen LogP contribution in [-0.2, 0) is 19.3 Å². The fourth-order valence-corrected chi connectivity index (χ4v) is 5.23. The summed E-state index contributed by atoms with van der Waals surface area (Å²) in [6.07, 6.45) is 10.6. The normalized spacial score (nSPS) is 11.8. The molecule has 0 aliphatic heterocycles. The predicted molar refractivity (Wildman–Crippen MR) is 110 cm³/mol. The third kappa shape index (κ3) is 5.47. The molecule has 2 nitrogen and oxygen atoms in total. The zero-order valence-corrected chi connectivity index (χ0v) is 17.5. The van der Waals surface area contributed by atoms with Gasteiger partial charge in [0.25, 0.3) is 0 Å². The second-order valence-corrected chi connectivity index (χ2v) is 12.1. The van der Waals surface area contributed by atoms with Gasteiger partial charge in [-0.15, -0.1) is 0 Å². The summed E-state index contributed by atoms with van der Waals surface area (Å²) in [5.74, 6) is 0. The van der Waals surface area contributed by atoms with Crippen LogP contribution >= 0.6 is 0 Å². The molecule has 0 saturated heterocycles. The maximum absolute atomic E-state index is 9.98. The molecule has 1 rings (SSSR count). The van der Waals surface area contributed by atoms with Crippen molar-refractivity contribution in [3.05, 3.63) is 28.8 Å². The summed E-state index contributed by atoms with van der Waals surface area (Å²) in [4.78, 5) is 0. The third-order valence-electron chi connectivity index (χ3n) is 5.23. The summed E-state index contributed by atoms with van der Waals surface area (Å²) in [5.41, 5.74) is 4.47. The van der Waals surface area contributed by atoms with Crippen molar-refractivity contribution in [1.29, 1.82) is 0 Å². The van der Waals surface area contributed by atoms with Crippen LogP contribution < -0.4 is 5.19 Å². The topological polar surface area (TPSA) is 40.5 Å². The molecule has 0 bridgehead atoms. The Morgan fingerprint density at radius 2 is 1.29 bits per heavy atom. The Bertz CT molecular complexity index is 501. The van der Waals surface area contributed by atoms with Crippen LogP contribution in [0.1, 0.15) is 76.0 Å². The smallest absolute Gasteiger partial charge is 0.430 e. The molecule has 0 radical (unpaired) electrons. The molecule has 0 unspecified atom stereocenters. The quantitative estimate of drug-likeness (QED) is 0.589. The minimum Gasteiger partial charge on any atom is -0.430 e. The SMILES string of the molecule is CCCCc1ccc([Si](C)(C)B(O)O)c(CCCC)c1CCCC. The lowest BCUT2D eigenvalue weighted by Crippen LogP contribution is -2.57. The van der Waals surface area contributed by atoms with E-state index in [1.54, 1.807) is 0 Å². The Balaban J connectivity index is 3.42. The first kappa shape index (κ1) is 21.5. The van der Waals surface area contributed by atoms with Crippen LogP contribution in [-0.4, -0.2) is 24.7 Å². The van der Waals surface area contributed by atoms with Crippen LogP contribution in [0.2, 0.25) is 13.1 Å². The Hall–Kier alpha value is -0.578. The van der Waals surface area contributed by atoms with E-state index in [9.17, 15) is 10.0 Å². The Kier molecular flexibility index (Phi) is 9.32. The summed E-state index contributed by atoms with van der Waals surface area (Å²) >= 11 is 0. The molecule has 2 N–H and O–H groups in total. The predicted octanol–water partition coefficient (Wildman–Crippen LogP) is 4.18. The Morgan fingerprint density at radius 1 is 0.792 bits per heavy atom. The van der Waals surface area contributed by atoms with Gasteiger partial charge < -0.3 is 10.0 Å². The van der Waals surface area contributed by atoms with E-state index in [1.807, 2.05) is 0 Å². The van der Waals surface area contributed by atoms with E-state index in [0.29, 0.717) is 0 Å². The highest BCUT2D eigenvalue weighted by Crippen LogP contribution is 2.23. The molecule has 1 aromatic carbocycles. The molecule has 0 spiro atoms. The number of hydrogen-bond acceptors (Lipinski definition) is 2. The lowest BCUT2D eigenvalue weighted by molar-refractivity contribution is 0.431. The molecule has 0 aromatic heterocycles. The van der Waals surface area contributed by atoms with Gasteiger partial charge in [0.15, 0.2) is 0 Å². The molecular formula is C20H37BO2Si. The summed E-state index contributed by atoms with van der Waals surface area (Å²) < 4.78 is 0. The lowest BCUT2D eigenvalue weighted by Gasteiger charge is -2.28. The van der Waals surface area contributed by atoms with Crippen LogP contribution in [0.5, 0.6) is 0 Å². The second kappa shape index (κ2) is 10.4. The van der Waals surface area contributed by atoms with Crippen LogP contribution in [0.25, 0.3) is 0 Å². The van der Waals surface area contributed by atoms with Gasteiger partial charge in [-0.25, -0.2) is 0 Å². The van der Waals surface area contributed by atoms with E-state index in [2.05, 4.69) is 46.0 Å². The summed E-state index contributed by atoms with van der Waals surface area (Å²) in [6.45, 7) is 9.69.